The van der Waals surface area contributed by atoms with Crippen LogP contribution in [-0.4, -0.2) is 30.2 Å². The van der Waals surface area contributed by atoms with Crippen LogP contribution in [-0.2, 0) is 0 Å². The van der Waals surface area contributed by atoms with Crippen molar-refractivity contribution in [2.75, 3.05) is 23.3 Å². The van der Waals surface area contributed by atoms with Gasteiger partial charge in [0.25, 0.3) is 5.91 Å². The minimum Gasteiger partial charge on any atom is -0.393 e. The van der Waals surface area contributed by atoms with Crippen LogP contribution in [0.5, 0.6) is 0 Å². The fourth-order valence-electron chi connectivity index (χ4n) is 3.19. The molecule has 2 aromatic carbocycles. The number of rotatable bonds is 3. The van der Waals surface area contributed by atoms with Gasteiger partial charge in [-0.15, -0.1) is 0 Å². The highest BCUT2D eigenvalue weighted by Gasteiger charge is 2.17. The van der Waals surface area contributed by atoms with Crippen molar-refractivity contribution in [1.82, 2.24) is 0 Å². The molecule has 4 nitrogen and oxygen atoms in total. The number of carbonyl (C=O) groups excluding carboxylic acids is 1. The number of benzene rings is 2. The molecule has 1 aliphatic rings. The van der Waals surface area contributed by atoms with E-state index in [1.165, 1.54) is 18.2 Å². The van der Waals surface area contributed by atoms with Gasteiger partial charge in [0.2, 0.25) is 0 Å². The van der Waals surface area contributed by atoms with Gasteiger partial charge in [-0.2, -0.15) is 0 Å². The quantitative estimate of drug-likeness (QED) is 0.835. The fraction of sp³-hybridized carbons (Fsp3) is 0.350. The Balaban J connectivity index is 1.80. The van der Waals surface area contributed by atoms with Gasteiger partial charge < -0.3 is 15.3 Å². The second-order valence-electron chi connectivity index (χ2n) is 6.71. The van der Waals surface area contributed by atoms with Gasteiger partial charge >= 0.3 is 0 Å². The second-order valence-corrected chi connectivity index (χ2v) is 7.12. The van der Waals surface area contributed by atoms with Crippen LogP contribution in [0.3, 0.4) is 0 Å². The van der Waals surface area contributed by atoms with Crippen LogP contribution in [0.4, 0.5) is 15.8 Å². The van der Waals surface area contributed by atoms with E-state index in [0.717, 1.165) is 43.6 Å². The number of nitrogens with zero attached hydrogens (tertiary/aromatic N) is 1. The van der Waals surface area contributed by atoms with Gasteiger partial charge in [0.15, 0.2) is 0 Å². The lowest BCUT2D eigenvalue weighted by molar-refractivity contribution is 0.102. The van der Waals surface area contributed by atoms with Gasteiger partial charge in [-0.3, -0.25) is 4.79 Å². The van der Waals surface area contributed by atoms with Crippen molar-refractivity contribution in [3.8, 4) is 0 Å². The molecule has 1 aliphatic heterocycles. The summed E-state index contributed by atoms with van der Waals surface area (Å²) >= 11 is 5.77. The lowest BCUT2D eigenvalue weighted by atomic mass is 10.1. The standard InChI is InChI=1S/C20H22ClFN2O2/c1-13-9-14(20(26)23-15-4-5-19(22)18(21)12-15)11-16(10-13)24-7-2-3-17(25)6-8-24/h4-5,9-12,17,25H,2-3,6-8H2,1H3,(H,23,26). The number of amides is 1. The molecule has 0 aliphatic carbocycles. The Hall–Kier alpha value is -2.11. The van der Waals surface area contributed by atoms with Crippen LogP contribution in [0.1, 0.15) is 35.2 Å². The van der Waals surface area contributed by atoms with Crippen LogP contribution in [0.2, 0.25) is 5.02 Å². The zero-order chi connectivity index (χ0) is 18.7. The maximum Gasteiger partial charge on any atom is 0.255 e. The smallest absolute Gasteiger partial charge is 0.255 e. The number of hydrogen-bond donors (Lipinski definition) is 2. The Morgan fingerprint density at radius 2 is 2.04 bits per heavy atom. The third-order valence-corrected chi connectivity index (χ3v) is 4.85. The van der Waals surface area contributed by atoms with E-state index in [0.29, 0.717) is 11.3 Å². The van der Waals surface area contributed by atoms with Crippen LogP contribution < -0.4 is 10.2 Å². The molecule has 0 radical (unpaired) electrons. The molecule has 1 fully saturated rings. The molecule has 2 N–H and O–H groups in total. The summed E-state index contributed by atoms with van der Waals surface area (Å²) in [6.45, 7) is 3.57. The predicted molar refractivity (Wildman–Crippen MR) is 103 cm³/mol. The summed E-state index contributed by atoms with van der Waals surface area (Å²) in [5.41, 5.74) is 2.93. The molecule has 0 aromatic heterocycles. The highest BCUT2D eigenvalue weighted by molar-refractivity contribution is 6.31. The molecular weight excluding hydrogens is 355 g/mol. The van der Waals surface area contributed by atoms with Crippen molar-refractivity contribution >= 4 is 28.9 Å². The predicted octanol–water partition coefficient (Wildman–Crippen LogP) is 4.39. The van der Waals surface area contributed by atoms with Crippen molar-refractivity contribution in [3.63, 3.8) is 0 Å². The minimum absolute atomic E-state index is 0.0316. The molecule has 6 heteroatoms. The summed E-state index contributed by atoms with van der Waals surface area (Å²) in [5, 5.41) is 12.6. The molecule has 138 valence electrons. The van der Waals surface area contributed by atoms with E-state index >= 15 is 0 Å². The van der Waals surface area contributed by atoms with E-state index in [9.17, 15) is 14.3 Å². The lowest BCUT2D eigenvalue weighted by Gasteiger charge is -2.24. The van der Waals surface area contributed by atoms with Gasteiger partial charge in [0.05, 0.1) is 11.1 Å². The van der Waals surface area contributed by atoms with E-state index in [-0.39, 0.29) is 17.0 Å². The topological polar surface area (TPSA) is 52.6 Å². The average Bonchev–Trinajstić information content (AvgIpc) is 2.82. The SMILES string of the molecule is Cc1cc(C(=O)Nc2ccc(F)c(Cl)c2)cc(N2CCCC(O)CC2)c1. The maximum absolute atomic E-state index is 13.3. The minimum atomic E-state index is -0.522. The monoisotopic (exact) mass is 376 g/mol. The van der Waals surface area contributed by atoms with Crippen LogP contribution in [0.15, 0.2) is 36.4 Å². The van der Waals surface area contributed by atoms with Crippen LogP contribution >= 0.6 is 11.6 Å². The molecule has 0 bridgehead atoms. The first-order valence-corrected chi connectivity index (χ1v) is 9.11. The molecule has 1 saturated heterocycles. The Labute approximate surface area is 157 Å². The number of carbonyl (C=O) groups is 1. The summed E-state index contributed by atoms with van der Waals surface area (Å²) in [6, 6.07) is 9.81. The van der Waals surface area contributed by atoms with Crippen molar-refractivity contribution in [2.45, 2.75) is 32.3 Å². The number of anilines is 2. The summed E-state index contributed by atoms with van der Waals surface area (Å²) in [5.74, 6) is -0.793. The van der Waals surface area contributed by atoms with Gasteiger partial charge in [0, 0.05) is 30.0 Å². The number of hydrogen-bond acceptors (Lipinski definition) is 3. The molecule has 1 heterocycles. The maximum atomic E-state index is 13.3. The number of aliphatic hydroxyl groups is 1. The molecule has 0 saturated carbocycles. The summed E-state index contributed by atoms with van der Waals surface area (Å²) in [7, 11) is 0. The van der Waals surface area contributed by atoms with Crippen molar-refractivity contribution < 1.29 is 14.3 Å². The number of aliphatic hydroxyl groups excluding tert-OH is 1. The zero-order valence-corrected chi connectivity index (χ0v) is 15.4. The molecule has 1 amide bonds. The normalized spacial score (nSPS) is 17.7. The van der Waals surface area contributed by atoms with Crippen molar-refractivity contribution in [3.05, 3.63) is 58.4 Å². The van der Waals surface area contributed by atoms with Crippen molar-refractivity contribution in [1.29, 1.82) is 0 Å². The highest BCUT2D eigenvalue weighted by Crippen LogP contribution is 2.24. The second kappa shape index (κ2) is 8.06. The van der Waals surface area contributed by atoms with Crippen LogP contribution in [0, 0.1) is 12.7 Å². The first-order valence-electron chi connectivity index (χ1n) is 8.73. The molecule has 3 rings (SSSR count). The molecular formula is C20H22ClFN2O2. The molecule has 2 aromatic rings. The molecule has 1 atom stereocenters. The van der Waals surface area contributed by atoms with E-state index in [4.69, 9.17) is 11.6 Å². The lowest BCUT2D eigenvalue weighted by Crippen LogP contribution is -2.25. The van der Waals surface area contributed by atoms with E-state index in [2.05, 4.69) is 10.2 Å². The number of aryl methyl sites for hydroxylation is 1. The van der Waals surface area contributed by atoms with Crippen molar-refractivity contribution in [2.24, 2.45) is 0 Å². The largest absolute Gasteiger partial charge is 0.393 e. The molecule has 26 heavy (non-hydrogen) atoms. The third-order valence-electron chi connectivity index (χ3n) is 4.56. The fourth-order valence-corrected chi connectivity index (χ4v) is 3.37. The van der Waals surface area contributed by atoms with Crippen LogP contribution in [0.25, 0.3) is 0 Å². The first-order chi connectivity index (χ1) is 12.4. The summed E-state index contributed by atoms with van der Waals surface area (Å²) in [6.07, 6.45) is 2.20. The Kier molecular flexibility index (Phi) is 5.79. The Bertz CT molecular complexity index is 812. The van der Waals surface area contributed by atoms with E-state index < -0.39 is 5.82 Å². The Morgan fingerprint density at radius 3 is 2.81 bits per heavy atom. The van der Waals surface area contributed by atoms with Gasteiger partial charge in [-0.25, -0.2) is 4.39 Å². The first kappa shape index (κ1) is 18.7. The van der Waals surface area contributed by atoms with Gasteiger partial charge in [-0.1, -0.05) is 11.6 Å². The highest BCUT2D eigenvalue weighted by atomic mass is 35.5. The number of nitrogens with one attached hydrogen (secondary N) is 1. The summed E-state index contributed by atoms with van der Waals surface area (Å²) < 4.78 is 13.3. The molecule has 0 spiro atoms. The Morgan fingerprint density at radius 1 is 1.23 bits per heavy atom. The third kappa shape index (κ3) is 4.54. The molecule has 1 unspecified atom stereocenters. The van der Waals surface area contributed by atoms with E-state index in [1.54, 1.807) is 0 Å². The number of halogens is 2. The van der Waals surface area contributed by atoms with Gasteiger partial charge in [-0.05, 0) is 68.1 Å². The van der Waals surface area contributed by atoms with E-state index in [1.807, 2.05) is 25.1 Å². The zero-order valence-electron chi connectivity index (χ0n) is 14.6. The van der Waals surface area contributed by atoms with Gasteiger partial charge in [0.1, 0.15) is 5.82 Å². The summed E-state index contributed by atoms with van der Waals surface area (Å²) in [4.78, 5) is 14.8. The average molecular weight is 377 g/mol.